The third-order valence-electron chi connectivity index (χ3n) is 4.16. The van der Waals surface area contributed by atoms with Gasteiger partial charge in [-0.15, -0.1) is 0 Å². The lowest BCUT2D eigenvalue weighted by molar-refractivity contribution is 0.246. The molecule has 0 saturated heterocycles. The fourth-order valence-corrected chi connectivity index (χ4v) is 3.15. The van der Waals surface area contributed by atoms with E-state index in [0.29, 0.717) is 0 Å². The van der Waals surface area contributed by atoms with Crippen molar-refractivity contribution >= 4 is 21.7 Å². The molecular formula is C22H19NO. The van der Waals surface area contributed by atoms with Crippen LogP contribution in [-0.2, 0) is 0 Å². The van der Waals surface area contributed by atoms with E-state index < -0.39 is 0 Å². The zero-order valence-electron chi connectivity index (χ0n) is 13.9. The van der Waals surface area contributed by atoms with E-state index in [1.165, 1.54) is 16.3 Å². The van der Waals surface area contributed by atoms with Crippen LogP contribution in [0.15, 0.2) is 72.9 Å². The van der Waals surface area contributed by atoms with Crippen LogP contribution in [0.2, 0.25) is 0 Å². The minimum Gasteiger partial charge on any atom is -0.488 e. The largest absolute Gasteiger partial charge is 0.488 e. The molecule has 1 heterocycles. The summed E-state index contributed by atoms with van der Waals surface area (Å²) in [7, 11) is 0. The van der Waals surface area contributed by atoms with E-state index in [-0.39, 0.29) is 6.10 Å². The highest BCUT2D eigenvalue weighted by molar-refractivity contribution is 6.01. The molecule has 0 N–H and O–H groups in total. The van der Waals surface area contributed by atoms with Gasteiger partial charge in [-0.05, 0) is 42.3 Å². The first-order chi connectivity index (χ1) is 11.7. The Balaban J connectivity index is 2.05. The molecule has 2 nitrogen and oxygen atoms in total. The number of aromatic nitrogens is 1. The Morgan fingerprint density at radius 2 is 1.54 bits per heavy atom. The molecule has 0 aliphatic carbocycles. The Morgan fingerprint density at radius 1 is 0.750 bits per heavy atom. The molecule has 0 aliphatic rings. The Labute approximate surface area is 141 Å². The number of pyridine rings is 1. The maximum atomic E-state index is 6.20. The van der Waals surface area contributed by atoms with Crippen LogP contribution in [-0.4, -0.2) is 11.1 Å². The Kier molecular flexibility index (Phi) is 3.66. The number of hydrogen-bond acceptors (Lipinski definition) is 2. The summed E-state index contributed by atoms with van der Waals surface area (Å²) in [6.07, 6.45) is 1.91. The molecule has 0 atom stereocenters. The fraction of sp³-hybridized carbons (Fsp3) is 0.136. The van der Waals surface area contributed by atoms with Gasteiger partial charge < -0.3 is 4.74 Å². The van der Waals surface area contributed by atoms with Gasteiger partial charge in [0.2, 0.25) is 0 Å². The molecule has 1 aromatic heterocycles. The van der Waals surface area contributed by atoms with Crippen LogP contribution < -0.4 is 4.74 Å². The summed E-state index contributed by atoms with van der Waals surface area (Å²) in [6, 6.07) is 23.1. The number of ether oxygens (including phenoxy) is 1. The van der Waals surface area contributed by atoms with Crippen molar-refractivity contribution in [2.24, 2.45) is 0 Å². The minimum absolute atomic E-state index is 0.0892. The van der Waals surface area contributed by atoms with Gasteiger partial charge in [0.15, 0.2) is 5.75 Å². The maximum Gasteiger partial charge on any atom is 0.153 e. The highest BCUT2D eigenvalue weighted by atomic mass is 16.5. The second-order valence-electron chi connectivity index (χ2n) is 6.21. The van der Waals surface area contributed by atoms with Gasteiger partial charge in [0.25, 0.3) is 0 Å². The molecular weight excluding hydrogens is 294 g/mol. The van der Waals surface area contributed by atoms with Crippen LogP contribution in [0.3, 0.4) is 0 Å². The molecule has 0 aliphatic heterocycles. The third-order valence-corrected chi connectivity index (χ3v) is 4.16. The van der Waals surface area contributed by atoms with Crippen molar-refractivity contribution in [2.45, 2.75) is 20.0 Å². The van der Waals surface area contributed by atoms with E-state index in [2.05, 4.69) is 79.5 Å². The summed E-state index contributed by atoms with van der Waals surface area (Å²) in [4.78, 5) is 4.58. The monoisotopic (exact) mass is 313 g/mol. The van der Waals surface area contributed by atoms with Gasteiger partial charge in [-0.1, -0.05) is 54.6 Å². The highest BCUT2D eigenvalue weighted by Crippen LogP contribution is 2.39. The van der Waals surface area contributed by atoms with Crippen LogP contribution in [0.5, 0.6) is 5.75 Å². The maximum absolute atomic E-state index is 6.20. The van der Waals surface area contributed by atoms with Crippen LogP contribution in [0, 0.1) is 0 Å². The first-order valence-electron chi connectivity index (χ1n) is 8.26. The molecule has 0 unspecified atom stereocenters. The quantitative estimate of drug-likeness (QED) is 0.474. The molecule has 24 heavy (non-hydrogen) atoms. The highest BCUT2D eigenvalue weighted by Gasteiger charge is 2.15. The van der Waals surface area contributed by atoms with Gasteiger partial charge in [-0.25, -0.2) is 0 Å². The van der Waals surface area contributed by atoms with Gasteiger partial charge in [0, 0.05) is 17.1 Å². The molecule has 0 bridgehead atoms. The number of fused-ring (bicyclic) bond motifs is 2. The molecule has 0 saturated carbocycles. The lowest BCUT2D eigenvalue weighted by atomic mass is 9.96. The van der Waals surface area contributed by atoms with Crippen LogP contribution in [0.4, 0.5) is 0 Å². The first kappa shape index (κ1) is 14.7. The summed E-state index contributed by atoms with van der Waals surface area (Å²) in [5, 5.41) is 3.55. The molecule has 0 fully saturated rings. The predicted molar refractivity (Wildman–Crippen MR) is 100 cm³/mol. The number of nitrogens with zero attached hydrogens (tertiary/aromatic N) is 1. The fourth-order valence-electron chi connectivity index (χ4n) is 3.15. The molecule has 0 spiro atoms. The van der Waals surface area contributed by atoms with Crippen molar-refractivity contribution in [3.05, 3.63) is 72.9 Å². The zero-order valence-corrected chi connectivity index (χ0v) is 13.9. The summed E-state index contributed by atoms with van der Waals surface area (Å²) in [5.74, 6) is 0.861. The van der Waals surface area contributed by atoms with Crippen molar-refractivity contribution in [3.8, 4) is 16.9 Å². The molecule has 2 heteroatoms. The van der Waals surface area contributed by atoms with E-state index in [0.717, 1.165) is 22.2 Å². The van der Waals surface area contributed by atoms with E-state index in [4.69, 9.17) is 4.74 Å². The van der Waals surface area contributed by atoms with E-state index in [1.54, 1.807) is 0 Å². The third kappa shape index (κ3) is 2.50. The lowest BCUT2D eigenvalue weighted by Gasteiger charge is -2.17. The topological polar surface area (TPSA) is 22.1 Å². The molecule has 0 amide bonds. The standard InChI is InChI=1S/C22H19NO/c1-15(2)24-22-20(13-12-17-9-6-14-23-21(17)22)19-11-5-8-16-7-3-4-10-18(16)19/h3-15H,1-2H3. The van der Waals surface area contributed by atoms with Gasteiger partial charge >= 0.3 is 0 Å². The summed E-state index contributed by atoms with van der Waals surface area (Å²) < 4.78 is 6.20. The summed E-state index contributed by atoms with van der Waals surface area (Å²) in [6.45, 7) is 4.10. The Bertz CT molecular complexity index is 1020. The van der Waals surface area contributed by atoms with Crippen molar-refractivity contribution in [1.82, 2.24) is 4.98 Å². The Hall–Kier alpha value is -2.87. The normalized spacial score (nSPS) is 11.3. The van der Waals surface area contributed by atoms with Crippen molar-refractivity contribution in [3.63, 3.8) is 0 Å². The first-order valence-corrected chi connectivity index (χ1v) is 8.26. The minimum atomic E-state index is 0.0892. The molecule has 0 radical (unpaired) electrons. The van der Waals surface area contributed by atoms with Gasteiger partial charge in [0.1, 0.15) is 5.52 Å². The number of benzene rings is 3. The summed E-state index contributed by atoms with van der Waals surface area (Å²) in [5.41, 5.74) is 3.18. The van der Waals surface area contributed by atoms with Crippen molar-refractivity contribution in [1.29, 1.82) is 0 Å². The van der Waals surface area contributed by atoms with Crippen LogP contribution in [0.25, 0.3) is 32.8 Å². The van der Waals surface area contributed by atoms with E-state index in [9.17, 15) is 0 Å². The molecule has 4 rings (SSSR count). The average molecular weight is 313 g/mol. The Morgan fingerprint density at radius 3 is 2.42 bits per heavy atom. The predicted octanol–water partition coefficient (Wildman–Crippen LogP) is 5.84. The molecule has 118 valence electrons. The van der Waals surface area contributed by atoms with E-state index in [1.807, 2.05) is 12.3 Å². The number of rotatable bonds is 3. The molecule has 4 aromatic rings. The molecule has 3 aromatic carbocycles. The van der Waals surface area contributed by atoms with Crippen molar-refractivity contribution in [2.75, 3.05) is 0 Å². The zero-order chi connectivity index (χ0) is 16.5. The average Bonchev–Trinajstić information content (AvgIpc) is 2.61. The second kappa shape index (κ2) is 5.97. The van der Waals surface area contributed by atoms with Gasteiger partial charge in [-0.2, -0.15) is 0 Å². The van der Waals surface area contributed by atoms with Crippen molar-refractivity contribution < 1.29 is 4.74 Å². The lowest BCUT2D eigenvalue weighted by Crippen LogP contribution is -2.07. The second-order valence-corrected chi connectivity index (χ2v) is 6.21. The SMILES string of the molecule is CC(C)Oc1c(-c2cccc3ccccc23)ccc2cccnc12. The number of hydrogen-bond donors (Lipinski definition) is 0. The van der Waals surface area contributed by atoms with Crippen LogP contribution in [0.1, 0.15) is 13.8 Å². The van der Waals surface area contributed by atoms with Crippen LogP contribution >= 0.6 is 0 Å². The smallest absolute Gasteiger partial charge is 0.153 e. The van der Waals surface area contributed by atoms with Gasteiger partial charge in [0.05, 0.1) is 6.10 Å². The van der Waals surface area contributed by atoms with E-state index >= 15 is 0 Å². The summed E-state index contributed by atoms with van der Waals surface area (Å²) >= 11 is 0. The van der Waals surface area contributed by atoms with Gasteiger partial charge in [-0.3, -0.25) is 4.98 Å².